The van der Waals surface area contributed by atoms with Gasteiger partial charge in [-0.3, -0.25) is 9.19 Å². The Morgan fingerprint density at radius 3 is 2.75 bits per heavy atom. The number of hydrogen-bond acceptors (Lipinski definition) is 8. The second-order valence-corrected chi connectivity index (χ2v) is 7.00. The summed E-state index contributed by atoms with van der Waals surface area (Å²) < 4.78 is 22.6. The molecule has 24 heavy (non-hydrogen) atoms. The van der Waals surface area contributed by atoms with Gasteiger partial charge in [0.1, 0.15) is 16.3 Å². The van der Waals surface area contributed by atoms with Gasteiger partial charge >= 0.3 is 5.97 Å². The van der Waals surface area contributed by atoms with E-state index < -0.39 is 16.8 Å². The van der Waals surface area contributed by atoms with Crippen LogP contribution in [0.15, 0.2) is 29.7 Å². The molecule has 0 aromatic carbocycles. The molecule has 3 heterocycles. The monoisotopic (exact) mass is 363 g/mol. The molecule has 0 saturated carbocycles. The molecule has 3 aromatic heterocycles. The van der Waals surface area contributed by atoms with E-state index in [1.54, 1.807) is 24.5 Å². The predicted octanol–water partition coefficient (Wildman–Crippen LogP) is 2.29. The highest BCUT2D eigenvalue weighted by Gasteiger charge is 2.25. The summed E-state index contributed by atoms with van der Waals surface area (Å²) in [6.45, 7) is 0. The van der Waals surface area contributed by atoms with E-state index >= 15 is 0 Å². The normalized spacial score (nSPS) is 12.1. The summed E-state index contributed by atoms with van der Waals surface area (Å²) in [7, 11) is 1.49. The topological polar surface area (TPSA) is 91.3 Å². The summed E-state index contributed by atoms with van der Waals surface area (Å²) in [5, 5.41) is 0.188. The minimum absolute atomic E-state index is 0.188. The second-order valence-electron chi connectivity index (χ2n) is 4.67. The molecule has 0 aliphatic heterocycles. The number of aromatic nitrogens is 3. The molecule has 0 saturated heterocycles. The van der Waals surface area contributed by atoms with Crippen LogP contribution in [-0.2, 0) is 15.5 Å². The van der Waals surface area contributed by atoms with Gasteiger partial charge in [0.15, 0.2) is 0 Å². The van der Waals surface area contributed by atoms with Crippen molar-refractivity contribution in [3.05, 3.63) is 29.4 Å². The summed E-state index contributed by atoms with van der Waals surface area (Å²) in [5.41, 5.74) is 1.46. The standard InChI is InChI=1S/C15H13N3O4S2/c1-21-8-5-4-6-16-11(8)10-12-9(23-13(10)14(19)22-2)7-17-15(18-12)24(3)20/h4-7H,1-3H3/t24-/m1/s1. The zero-order valence-corrected chi connectivity index (χ0v) is 14.7. The molecule has 7 nitrogen and oxygen atoms in total. The van der Waals surface area contributed by atoms with Crippen molar-refractivity contribution in [1.29, 1.82) is 0 Å². The van der Waals surface area contributed by atoms with Crippen LogP contribution in [0.2, 0.25) is 0 Å². The van der Waals surface area contributed by atoms with Crippen molar-refractivity contribution in [1.82, 2.24) is 15.0 Å². The lowest BCUT2D eigenvalue weighted by Gasteiger charge is -2.08. The van der Waals surface area contributed by atoms with Gasteiger partial charge in [0.25, 0.3) is 0 Å². The zero-order valence-electron chi connectivity index (χ0n) is 13.1. The van der Waals surface area contributed by atoms with Gasteiger partial charge < -0.3 is 9.47 Å². The lowest BCUT2D eigenvalue weighted by molar-refractivity contribution is 0.0607. The molecule has 1 atom stereocenters. The number of ether oxygens (including phenoxy) is 2. The molecular formula is C15H13N3O4S2. The molecule has 0 amide bonds. The smallest absolute Gasteiger partial charge is 0.348 e. The Morgan fingerprint density at radius 2 is 2.08 bits per heavy atom. The van der Waals surface area contributed by atoms with E-state index in [-0.39, 0.29) is 5.16 Å². The molecule has 0 aliphatic rings. The summed E-state index contributed by atoms with van der Waals surface area (Å²) in [4.78, 5) is 25.3. The van der Waals surface area contributed by atoms with Crippen LogP contribution < -0.4 is 4.74 Å². The largest absolute Gasteiger partial charge is 0.494 e. The number of hydrogen-bond donors (Lipinski definition) is 0. The number of thiophene rings is 1. The molecule has 9 heteroatoms. The van der Waals surface area contributed by atoms with Gasteiger partial charge in [-0.05, 0) is 12.1 Å². The van der Waals surface area contributed by atoms with Crippen LogP contribution in [0.25, 0.3) is 21.5 Å². The third kappa shape index (κ3) is 2.76. The van der Waals surface area contributed by atoms with Crippen molar-refractivity contribution in [3.8, 4) is 17.0 Å². The minimum atomic E-state index is -1.35. The number of nitrogens with zero attached hydrogens (tertiary/aromatic N) is 3. The summed E-state index contributed by atoms with van der Waals surface area (Å²) >= 11 is 1.20. The van der Waals surface area contributed by atoms with Crippen molar-refractivity contribution in [2.45, 2.75) is 5.16 Å². The Hall–Kier alpha value is -2.39. The first-order chi connectivity index (χ1) is 11.6. The van der Waals surface area contributed by atoms with E-state index in [9.17, 15) is 9.00 Å². The molecule has 3 aromatic rings. The van der Waals surface area contributed by atoms with Crippen molar-refractivity contribution >= 4 is 38.3 Å². The summed E-state index contributed by atoms with van der Waals surface area (Å²) in [6.07, 6.45) is 4.65. The predicted molar refractivity (Wildman–Crippen MR) is 90.9 cm³/mol. The van der Waals surface area contributed by atoms with Gasteiger partial charge in [0.05, 0.1) is 40.8 Å². The molecule has 0 unspecified atom stereocenters. The third-order valence-electron chi connectivity index (χ3n) is 3.26. The number of pyridine rings is 1. The molecule has 0 N–H and O–H groups in total. The van der Waals surface area contributed by atoms with Gasteiger partial charge in [-0.25, -0.2) is 14.8 Å². The van der Waals surface area contributed by atoms with Crippen molar-refractivity contribution in [3.63, 3.8) is 0 Å². The minimum Gasteiger partial charge on any atom is -0.494 e. The van der Waals surface area contributed by atoms with E-state index in [0.717, 1.165) is 0 Å². The van der Waals surface area contributed by atoms with Crippen molar-refractivity contribution in [2.24, 2.45) is 0 Å². The fourth-order valence-corrected chi connectivity index (χ4v) is 3.67. The first kappa shape index (κ1) is 16.5. The first-order valence-electron chi connectivity index (χ1n) is 6.77. The highest BCUT2D eigenvalue weighted by atomic mass is 32.2. The molecular weight excluding hydrogens is 350 g/mol. The van der Waals surface area contributed by atoms with E-state index in [1.165, 1.54) is 31.8 Å². The van der Waals surface area contributed by atoms with Gasteiger partial charge in [-0.15, -0.1) is 11.3 Å². The zero-order chi connectivity index (χ0) is 17.3. The maximum atomic E-state index is 12.2. The molecule has 0 fully saturated rings. The van der Waals surface area contributed by atoms with E-state index in [1.807, 2.05) is 0 Å². The number of rotatable bonds is 4. The first-order valence-corrected chi connectivity index (χ1v) is 9.15. The quantitative estimate of drug-likeness (QED) is 0.519. The Morgan fingerprint density at radius 1 is 1.29 bits per heavy atom. The number of fused-ring (bicyclic) bond motifs is 1. The van der Waals surface area contributed by atoms with Gasteiger partial charge in [-0.1, -0.05) is 0 Å². The fourth-order valence-electron chi connectivity index (χ4n) is 2.21. The van der Waals surface area contributed by atoms with Crippen LogP contribution in [0.1, 0.15) is 9.67 Å². The highest BCUT2D eigenvalue weighted by molar-refractivity contribution is 7.84. The van der Waals surface area contributed by atoms with Crippen LogP contribution in [0.4, 0.5) is 0 Å². The number of carbonyl (C=O) groups is 1. The molecule has 0 radical (unpaired) electrons. The Balaban J connectivity index is 2.39. The van der Waals surface area contributed by atoms with E-state index in [0.29, 0.717) is 32.1 Å². The van der Waals surface area contributed by atoms with Gasteiger partial charge in [0, 0.05) is 18.6 Å². The molecule has 124 valence electrons. The average molecular weight is 363 g/mol. The lowest BCUT2D eigenvalue weighted by atomic mass is 10.1. The molecule has 0 aliphatic carbocycles. The maximum Gasteiger partial charge on any atom is 0.348 e. The Kier molecular flexibility index (Phi) is 4.54. The third-order valence-corrected chi connectivity index (χ3v) is 5.07. The van der Waals surface area contributed by atoms with Crippen molar-refractivity contribution in [2.75, 3.05) is 20.5 Å². The van der Waals surface area contributed by atoms with E-state index in [4.69, 9.17) is 9.47 Å². The van der Waals surface area contributed by atoms with Crippen LogP contribution in [-0.4, -0.2) is 45.6 Å². The maximum absolute atomic E-state index is 12.2. The highest BCUT2D eigenvalue weighted by Crippen LogP contribution is 2.40. The molecule has 0 bridgehead atoms. The lowest BCUT2D eigenvalue weighted by Crippen LogP contribution is -2.02. The van der Waals surface area contributed by atoms with Crippen molar-refractivity contribution < 1.29 is 18.5 Å². The van der Waals surface area contributed by atoms with Crippen LogP contribution >= 0.6 is 11.3 Å². The van der Waals surface area contributed by atoms with E-state index in [2.05, 4.69) is 15.0 Å². The molecule has 0 spiro atoms. The SMILES string of the molecule is COC(=O)c1sc2cnc([S@@](C)=O)nc2c1-c1ncccc1OC. The summed E-state index contributed by atoms with van der Waals surface area (Å²) in [6, 6.07) is 3.48. The van der Waals surface area contributed by atoms with Gasteiger partial charge in [-0.2, -0.15) is 0 Å². The second kappa shape index (κ2) is 6.62. The fraction of sp³-hybridized carbons (Fsp3) is 0.200. The average Bonchev–Trinajstić information content (AvgIpc) is 2.99. The van der Waals surface area contributed by atoms with Gasteiger partial charge in [0.2, 0.25) is 5.16 Å². The number of carbonyl (C=O) groups excluding carboxylic acids is 1. The molecule has 3 rings (SSSR count). The summed E-state index contributed by atoms with van der Waals surface area (Å²) in [5.74, 6) is 0.0000123. The number of esters is 1. The number of methoxy groups -OCH3 is 2. The van der Waals surface area contributed by atoms with Crippen LogP contribution in [0.5, 0.6) is 5.75 Å². The Bertz CT molecular complexity index is 955. The Labute approximate surface area is 144 Å². The van der Waals surface area contributed by atoms with Crippen LogP contribution in [0, 0.1) is 0 Å². The van der Waals surface area contributed by atoms with Crippen LogP contribution in [0.3, 0.4) is 0 Å².